The monoisotopic (exact) mass is 1110 g/mol. The second-order valence-corrected chi connectivity index (χ2v) is 21.2. The molecule has 444 valence electrons. The van der Waals surface area contributed by atoms with E-state index in [1.165, 1.54) is 25.7 Å². The van der Waals surface area contributed by atoms with Crippen molar-refractivity contribution in [2.45, 2.75) is 251 Å². The van der Waals surface area contributed by atoms with Crippen molar-refractivity contribution in [3.63, 3.8) is 0 Å². The number of carbonyl (C=O) groups excluding carboxylic acids is 3. The van der Waals surface area contributed by atoms with E-state index >= 15 is 0 Å². The van der Waals surface area contributed by atoms with E-state index in [9.17, 15) is 28.9 Å². The van der Waals surface area contributed by atoms with Crippen molar-refractivity contribution in [2.24, 2.45) is 0 Å². The Labute approximate surface area is 475 Å². The lowest BCUT2D eigenvalue weighted by Crippen LogP contribution is -2.30. The number of phosphoric acid groups is 1. The van der Waals surface area contributed by atoms with Crippen molar-refractivity contribution in [1.82, 2.24) is 0 Å². The molecular formula is C66H109O11P. The number of carbonyl (C=O) groups is 3. The Morgan fingerprint density at radius 3 is 1.04 bits per heavy atom. The molecule has 0 radical (unpaired) electrons. The van der Waals surface area contributed by atoms with Crippen LogP contribution in [0.4, 0.5) is 0 Å². The number of rotatable bonds is 55. The Morgan fingerprint density at radius 1 is 0.372 bits per heavy atom. The number of hydrogen-bond acceptors (Lipinski definition) is 10. The van der Waals surface area contributed by atoms with E-state index in [0.29, 0.717) is 19.3 Å². The van der Waals surface area contributed by atoms with Crippen LogP contribution in [0.15, 0.2) is 122 Å². The highest BCUT2D eigenvalue weighted by molar-refractivity contribution is 7.47. The molecule has 0 heterocycles. The molecule has 0 saturated heterocycles. The van der Waals surface area contributed by atoms with E-state index in [1.54, 1.807) is 0 Å². The van der Waals surface area contributed by atoms with Crippen LogP contribution in [0.3, 0.4) is 0 Å². The van der Waals surface area contributed by atoms with Gasteiger partial charge >= 0.3 is 25.7 Å². The molecule has 0 spiro atoms. The number of allylic oxidation sites excluding steroid dienone is 20. The molecule has 0 aromatic carbocycles. The Balaban J connectivity index is 4.75. The topological polar surface area (TPSA) is 155 Å². The van der Waals surface area contributed by atoms with Crippen LogP contribution in [0.25, 0.3) is 0 Å². The van der Waals surface area contributed by atoms with Gasteiger partial charge in [-0.1, -0.05) is 213 Å². The average Bonchev–Trinajstić information content (AvgIpc) is 3.43. The highest BCUT2D eigenvalue weighted by atomic mass is 31.2. The molecule has 0 aromatic rings. The molecule has 0 aliphatic heterocycles. The smallest absolute Gasteiger partial charge is 0.462 e. The van der Waals surface area contributed by atoms with E-state index in [-0.39, 0.29) is 25.9 Å². The Kier molecular flexibility index (Phi) is 55.9. The van der Waals surface area contributed by atoms with Gasteiger partial charge in [0.1, 0.15) is 12.7 Å². The molecule has 0 saturated carbocycles. The summed E-state index contributed by atoms with van der Waals surface area (Å²) in [5, 5.41) is 9.84. The first kappa shape index (κ1) is 73.9. The maximum Gasteiger partial charge on any atom is 0.472 e. The summed E-state index contributed by atoms with van der Waals surface area (Å²) in [7, 11) is -4.77. The number of esters is 3. The highest BCUT2D eigenvalue weighted by Gasteiger charge is 2.28. The predicted molar refractivity (Wildman–Crippen MR) is 325 cm³/mol. The molecule has 78 heavy (non-hydrogen) atoms. The van der Waals surface area contributed by atoms with Gasteiger partial charge in [-0.3, -0.25) is 23.4 Å². The number of aliphatic hydroxyl groups excluding tert-OH is 1. The summed E-state index contributed by atoms with van der Waals surface area (Å²) in [6.07, 6.45) is 72.9. The summed E-state index contributed by atoms with van der Waals surface area (Å²) in [5.41, 5.74) is 0. The number of unbranched alkanes of at least 4 members (excludes halogenated alkanes) is 18. The molecule has 12 heteroatoms. The van der Waals surface area contributed by atoms with Gasteiger partial charge in [0.05, 0.1) is 19.8 Å². The first-order chi connectivity index (χ1) is 38.2. The van der Waals surface area contributed by atoms with Gasteiger partial charge in [0.15, 0.2) is 6.10 Å². The predicted octanol–water partition coefficient (Wildman–Crippen LogP) is 18.4. The fourth-order valence-corrected chi connectivity index (χ4v) is 8.56. The lowest BCUT2D eigenvalue weighted by atomic mass is 10.1. The van der Waals surface area contributed by atoms with Gasteiger partial charge in [-0.05, 0) is 128 Å². The Morgan fingerprint density at radius 2 is 0.667 bits per heavy atom. The highest BCUT2D eigenvalue weighted by Crippen LogP contribution is 2.43. The van der Waals surface area contributed by atoms with Crippen molar-refractivity contribution in [3.05, 3.63) is 122 Å². The van der Waals surface area contributed by atoms with Crippen LogP contribution in [-0.2, 0) is 42.2 Å². The minimum Gasteiger partial charge on any atom is -0.462 e. The van der Waals surface area contributed by atoms with Gasteiger partial charge in [-0.2, -0.15) is 0 Å². The van der Waals surface area contributed by atoms with Gasteiger partial charge in [0.25, 0.3) is 0 Å². The van der Waals surface area contributed by atoms with E-state index in [0.717, 1.165) is 154 Å². The molecule has 0 amide bonds. The third kappa shape index (κ3) is 56.6. The maximum atomic E-state index is 12.9. The molecular weight excluding hydrogens is 1000 g/mol. The van der Waals surface area contributed by atoms with Crippen LogP contribution in [-0.4, -0.2) is 66.5 Å². The molecule has 3 unspecified atom stereocenters. The fraction of sp³-hybridized carbons (Fsp3) is 0.652. The van der Waals surface area contributed by atoms with Crippen LogP contribution in [0.5, 0.6) is 0 Å². The number of aliphatic hydroxyl groups is 1. The van der Waals surface area contributed by atoms with E-state index < -0.39 is 57.8 Å². The molecule has 11 nitrogen and oxygen atoms in total. The summed E-state index contributed by atoms with van der Waals surface area (Å²) < 4.78 is 39.6. The number of ether oxygens (including phenoxy) is 3. The van der Waals surface area contributed by atoms with Crippen LogP contribution in [0, 0.1) is 0 Å². The van der Waals surface area contributed by atoms with E-state index in [2.05, 4.69) is 142 Å². The Hall–Kier alpha value is -4.12. The van der Waals surface area contributed by atoms with Gasteiger partial charge in [-0.15, -0.1) is 0 Å². The first-order valence-electron chi connectivity index (χ1n) is 30.4. The maximum absolute atomic E-state index is 12.9. The van der Waals surface area contributed by atoms with Crippen LogP contribution >= 0.6 is 7.82 Å². The molecule has 0 aliphatic rings. The zero-order chi connectivity index (χ0) is 56.9. The summed E-state index contributed by atoms with van der Waals surface area (Å²) >= 11 is 0. The second kappa shape index (κ2) is 59.0. The largest absolute Gasteiger partial charge is 0.472 e. The van der Waals surface area contributed by atoms with Crippen molar-refractivity contribution < 1.29 is 52.2 Å². The van der Waals surface area contributed by atoms with E-state index in [4.69, 9.17) is 23.3 Å². The van der Waals surface area contributed by atoms with Gasteiger partial charge in [0.2, 0.25) is 0 Å². The second-order valence-electron chi connectivity index (χ2n) is 19.7. The lowest BCUT2D eigenvalue weighted by Gasteiger charge is -2.21. The zero-order valence-corrected chi connectivity index (χ0v) is 50.0. The molecule has 0 aliphatic carbocycles. The molecule has 0 fully saturated rings. The van der Waals surface area contributed by atoms with Gasteiger partial charge in [0, 0.05) is 19.3 Å². The fourth-order valence-electron chi connectivity index (χ4n) is 7.78. The minimum atomic E-state index is -4.77. The first-order valence-corrected chi connectivity index (χ1v) is 31.9. The third-order valence-corrected chi connectivity index (χ3v) is 13.3. The molecule has 0 rings (SSSR count). The summed E-state index contributed by atoms with van der Waals surface area (Å²) in [6.45, 7) is 4.32. The summed E-state index contributed by atoms with van der Waals surface area (Å²) in [5.74, 6) is -1.54. The molecule has 3 atom stereocenters. The minimum absolute atomic E-state index is 0.138. The number of hydrogen-bond donors (Lipinski definition) is 2. The standard InChI is InChI=1S/C66H109O11P/c1-4-7-10-13-16-19-22-25-27-29-31-33-35-38-41-44-47-50-53-56-65(69)76-62(58-67)60-74-78(71,72)75-61-63(59-73-64(68)55-52-49-46-43-40-37-24-21-18-15-12-9-6-3)77-66(70)57-54-51-48-45-42-39-36-34-32-30-28-26-23-20-17-14-11-8-5-2/h8-9,11-12,16-21,25-28,31-34,37,40,62-63,67H,4-7,10,13-15,22-24,29-30,35-36,38-39,41-61H2,1-3H3,(H,71,72)/b11-8-,12-9-,19-16-,20-17-,21-18-,27-25-,28-26-,33-31-,34-32-,40-37-. The van der Waals surface area contributed by atoms with Crippen molar-refractivity contribution >= 4 is 25.7 Å². The summed E-state index contributed by atoms with van der Waals surface area (Å²) in [6, 6.07) is 0. The SMILES string of the molecule is CC/C=C\C/C=C\C/C=C\C/C=C\CCCCCCCCC(=O)OC(COC(=O)CCCCC/C=C\C/C=C\C/C=C\CC)COP(=O)(O)OCC(CO)OC(=O)CCCCCCCC/C=C\C/C=C\C/C=C\CCCCC. The molecule has 0 aromatic heterocycles. The normalized spacial score (nSPS) is 14.2. The van der Waals surface area contributed by atoms with Gasteiger partial charge < -0.3 is 24.2 Å². The van der Waals surface area contributed by atoms with E-state index in [1.807, 2.05) is 0 Å². The molecule has 2 N–H and O–H groups in total. The van der Waals surface area contributed by atoms with Crippen LogP contribution in [0.1, 0.15) is 239 Å². The zero-order valence-electron chi connectivity index (χ0n) is 49.1. The Bertz CT molecular complexity index is 1770. The van der Waals surface area contributed by atoms with Crippen LogP contribution in [0.2, 0.25) is 0 Å². The average molecular weight is 1110 g/mol. The van der Waals surface area contributed by atoms with Crippen LogP contribution < -0.4 is 0 Å². The number of phosphoric ester groups is 1. The lowest BCUT2D eigenvalue weighted by molar-refractivity contribution is -0.161. The van der Waals surface area contributed by atoms with Gasteiger partial charge in [-0.25, -0.2) is 4.57 Å². The van der Waals surface area contributed by atoms with Crippen molar-refractivity contribution in [1.29, 1.82) is 0 Å². The van der Waals surface area contributed by atoms with Crippen molar-refractivity contribution in [3.8, 4) is 0 Å². The third-order valence-electron chi connectivity index (χ3n) is 12.3. The summed E-state index contributed by atoms with van der Waals surface area (Å²) in [4.78, 5) is 48.6. The van der Waals surface area contributed by atoms with Crippen molar-refractivity contribution in [2.75, 3.05) is 26.4 Å². The quantitative estimate of drug-likeness (QED) is 0.0197. The molecule has 0 bridgehead atoms.